The van der Waals surface area contributed by atoms with Gasteiger partial charge in [0.25, 0.3) is 0 Å². The number of thioether (sulfide) groups is 1. The van der Waals surface area contributed by atoms with E-state index in [0.29, 0.717) is 5.75 Å². The minimum absolute atomic E-state index is 0.250. The summed E-state index contributed by atoms with van der Waals surface area (Å²) in [5, 5.41) is 11.4. The van der Waals surface area contributed by atoms with Crippen LogP contribution in [0.2, 0.25) is 0 Å². The average molecular weight is 350 g/mol. The SMILES string of the molecule is CCc1cccc(CC)c1SCC(O)(c1cncs1)C(C)(C)C. The topological polar surface area (TPSA) is 33.1 Å². The summed E-state index contributed by atoms with van der Waals surface area (Å²) in [5.41, 5.74) is 3.41. The van der Waals surface area contributed by atoms with E-state index >= 15 is 0 Å². The van der Waals surface area contributed by atoms with Gasteiger partial charge in [0.1, 0.15) is 5.60 Å². The monoisotopic (exact) mass is 349 g/mol. The van der Waals surface area contributed by atoms with Crippen LogP contribution >= 0.6 is 23.1 Å². The minimum Gasteiger partial charge on any atom is -0.383 e. The van der Waals surface area contributed by atoms with E-state index in [-0.39, 0.29) is 5.41 Å². The van der Waals surface area contributed by atoms with Crippen LogP contribution in [0.4, 0.5) is 0 Å². The molecular weight excluding hydrogens is 322 g/mol. The summed E-state index contributed by atoms with van der Waals surface area (Å²) in [7, 11) is 0. The Balaban J connectivity index is 2.34. The van der Waals surface area contributed by atoms with Crippen molar-refractivity contribution in [2.45, 2.75) is 58.0 Å². The lowest BCUT2D eigenvalue weighted by Crippen LogP contribution is -2.41. The van der Waals surface area contributed by atoms with Gasteiger partial charge in [-0.05, 0) is 29.4 Å². The quantitative estimate of drug-likeness (QED) is 0.719. The first kappa shape index (κ1) is 18.5. The number of thiazole rings is 1. The van der Waals surface area contributed by atoms with Crippen molar-refractivity contribution in [1.82, 2.24) is 4.98 Å². The van der Waals surface area contributed by atoms with Crippen molar-refractivity contribution in [3.05, 3.63) is 45.9 Å². The van der Waals surface area contributed by atoms with Gasteiger partial charge in [-0.25, -0.2) is 0 Å². The predicted molar refractivity (Wildman–Crippen MR) is 101 cm³/mol. The smallest absolute Gasteiger partial charge is 0.114 e. The van der Waals surface area contributed by atoms with Crippen LogP contribution in [-0.4, -0.2) is 15.8 Å². The molecule has 2 nitrogen and oxygen atoms in total. The molecule has 1 aromatic carbocycles. The number of aromatic nitrogens is 1. The molecule has 1 N–H and O–H groups in total. The van der Waals surface area contributed by atoms with Crippen LogP contribution in [0.25, 0.3) is 0 Å². The summed E-state index contributed by atoms with van der Waals surface area (Å²) in [6.07, 6.45) is 3.85. The number of aryl methyl sites for hydroxylation is 2. The Kier molecular flexibility index (Phi) is 5.93. The Morgan fingerprint density at radius 3 is 2.17 bits per heavy atom. The first-order valence-electron chi connectivity index (χ1n) is 8.18. The molecule has 0 aliphatic carbocycles. The van der Waals surface area contributed by atoms with Gasteiger partial charge in [-0.15, -0.1) is 23.1 Å². The summed E-state index contributed by atoms with van der Waals surface area (Å²) >= 11 is 3.32. The largest absolute Gasteiger partial charge is 0.383 e. The molecule has 4 heteroatoms. The van der Waals surface area contributed by atoms with E-state index in [9.17, 15) is 5.11 Å². The van der Waals surface area contributed by atoms with E-state index in [1.165, 1.54) is 27.4 Å². The van der Waals surface area contributed by atoms with Crippen LogP contribution in [0.5, 0.6) is 0 Å². The normalized spacial score (nSPS) is 14.7. The third-order valence-electron chi connectivity index (χ3n) is 4.45. The number of hydrogen-bond acceptors (Lipinski definition) is 4. The molecule has 0 aliphatic rings. The molecule has 1 aromatic heterocycles. The number of nitrogens with zero attached hydrogens (tertiary/aromatic N) is 1. The molecule has 0 saturated carbocycles. The maximum absolute atomic E-state index is 11.4. The molecule has 0 saturated heterocycles. The highest BCUT2D eigenvalue weighted by atomic mass is 32.2. The fourth-order valence-corrected chi connectivity index (χ4v) is 5.39. The fraction of sp³-hybridized carbons (Fsp3) is 0.526. The van der Waals surface area contributed by atoms with Crippen LogP contribution in [0.15, 0.2) is 34.8 Å². The van der Waals surface area contributed by atoms with Gasteiger partial charge in [-0.1, -0.05) is 52.8 Å². The molecule has 1 atom stereocenters. The van der Waals surface area contributed by atoms with Crippen molar-refractivity contribution < 1.29 is 5.11 Å². The summed E-state index contributed by atoms with van der Waals surface area (Å²) in [5.74, 6) is 0.642. The molecule has 0 amide bonds. The van der Waals surface area contributed by atoms with E-state index in [4.69, 9.17) is 0 Å². The Morgan fingerprint density at radius 1 is 1.13 bits per heavy atom. The Hall–Kier alpha value is -0.840. The second kappa shape index (κ2) is 7.37. The molecule has 0 spiro atoms. The molecule has 0 aliphatic heterocycles. The summed E-state index contributed by atoms with van der Waals surface area (Å²) in [6, 6.07) is 6.54. The van der Waals surface area contributed by atoms with Gasteiger partial charge in [-0.2, -0.15) is 0 Å². The van der Waals surface area contributed by atoms with E-state index in [1.54, 1.807) is 17.3 Å². The maximum Gasteiger partial charge on any atom is 0.114 e. The second-order valence-electron chi connectivity index (χ2n) is 6.88. The van der Waals surface area contributed by atoms with Gasteiger partial charge < -0.3 is 5.11 Å². The van der Waals surface area contributed by atoms with Gasteiger partial charge in [0, 0.05) is 16.8 Å². The third-order valence-corrected chi connectivity index (χ3v) is 6.75. The highest BCUT2D eigenvalue weighted by molar-refractivity contribution is 7.99. The van der Waals surface area contributed by atoms with E-state index < -0.39 is 5.60 Å². The van der Waals surface area contributed by atoms with Gasteiger partial charge in [0.2, 0.25) is 0 Å². The second-order valence-corrected chi connectivity index (χ2v) is 8.75. The molecule has 23 heavy (non-hydrogen) atoms. The van der Waals surface area contributed by atoms with Crippen LogP contribution in [0.3, 0.4) is 0 Å². The van der Waals surface area contributed by atoms with Gasteiger partial charge in [0.05, 0.1) is 10.4 Å². The molecular formula is C19H27NOS2. The van der Waals surface area contributed by atoms with Crippen molar-refractivity contribution in [3.8, 4) is 0 Å². The first-order valence-corrected chi connectivity index (χ1v) is 10.0. The van der Waals surface area contributed by atoms with E-state index in [2.05, 4.69) is 57.8 Å². The van der Waals surface area contributed by atoms with Crippen molar-refractivity contribution in [2.75, 3.05) is 5.75 Å². The lowest BCUT2D eigenvalue weighted by Gasteiger charge is -2.39. The molecule has 1 heterocycles. The molecule has 0 bridgehead atoms. The van der Waals surface area contributed by atoms with E-state index in [1.807, 2.05) is 6.20 Å². The molecule has 2 aromatic rings. The molecule has 126 valence electrons. The van der Waals surface area contributed by atoms with Crippen LogP contribution in [0, 0.1) is 5.41 Å². The van der Waals surface area contributed by atoms with Crippen LogP contribution in [-0.2, 0) is 18.4 Å². The highest BCUT2D eigenvalue weighted by Gasteiger charge is 2.43. The number of aliphatic hydroxyl groups is 1. The zero-order valence-electron chi connectivity index (χ0n) is 14.7. The predicted octanol–water partition coefficient (Wildman–Crippen LogP) is 5.29. The standard InChI is InChI=1S/C19H27NOS2/c1-6-14-9-8-10-15(7-2)17(14)22-12-19(21,18(3,4)5)16-11-20-13-23-16/h8-11,13,21H,6-7,12H2,1-5H3. The Bertz CT molecular complexity index is 609. The van der Waals surface area contributed by atoms with Gasteiger partial charge in [0.15, 0.2) is 0 Å². The summed E-state index contributed by atoms with van der Waals surface area (Å²) < 4.78 is 0. The molecule has 2 rings (SSSR count). The average Bonchev–Trinajstić information content (AvgIpc) is 3.05. The number of benzene rings is 1. The summed E-state index contributed by atoms with van der Waals surface area (Å²) in [6.45, 7) is 10.7. The Labute approximate surface area is 148 Å². The molecule has 0 fully saturated rings. The van der Waals surface area contributed by atoms with Crippen molar-refractivity contribution in [1.29, 1.82) is 0 Å². The van der Waals surface area contributed by atoms with Crippen molar-refractivity contribution in [3.63, 3.8) is 0 Å². The first-order chi connectivity index (χ1) is 10.8. The minimum atomic E-state index is -0.884. The van der Waals surface area contributed by atoms with Crippen molar-refractivity contribution >= 4 is 23.1 Å². The molecule has 1 unspecified atom stereocenters. The fourth-order valence-electron chi connectivity index (χ4n) is 2.63. The number of rotatable bonds is 6. The van der Waals surface area contributed by atoms with E-state index in [0.717, 1.165) is 17.7 Å². The zero-order chi connectivity index (χ0) is 17.1. The van der Waals surface area contributed by atoms with Crippen molar-refractivity contribution in [2.24, 2.45) is 5.41 Å². The lowest BCUT2D eigenvalue weighted by molar-refractivity contribution is -0.0392. The number of hydrogen-bond donors (Lipinski definition) is 1. The van der Waals surface area contributed by atoms with Crippen LogP contribution in [0.1, 0.15) is 50.6 Å². The zero-order valence-corrected chi connectivity index (χ0v) is 16.4. The molecule has 0 radical (unpaired) electrons. The maximum atomic E-state index is 11.4. The van der Waals surface area contributed by atoms with Gasteiger partial charge >= 0.3 is 0 Å². The lowest BCUT2D eigenvalue weighted by atomic mass is 9.77. The van der Waals surface area contributed by atoms with Crippen LogP contribution < -0.4 is 0 Å². The summed E-state index contributed by atoms with van der Waals surface area (Å²) in [4.78, 5) is 6.46. The Morgan fingerprint density at radius 2 is 1.74 bits per heavy atom. The highest BCUT2D eigenvalue weighted by Crippen LogP contribution is 2.45. The third kappa shape index (κ3) is 3.81. The van der Waals surface area contributed by atoms with Gasteiger partial charge in [-0.3, -0.25) is 4.98 Å².